The van der Waals surface area contributed by atoms with E-state index in [1.165, 1.54) is 0 Å². The minimum Gasteiger partial charge on any atom is -0.310 e. The van der Waals surface area contributed by atoms with Crippen LogP contribution >= 0.6 is 47.8 Å². The fraction of sp³-hybridized carbons (Fsp3) is 0.625. The van der Waals surface area contributed by atoms with Crippen molar-refractivity contribution in [3.63, 3.8) is 0 Å². The normalized spacial score (nSPS) is 35.3. The van der Waals surface area contributed by atoms with Gasteiger partial charge in [0, 0.05) is 15.9 Å². The number of hydrogen-bond acceptors (Lipinski definition) is 2. The predicted molar refractivity (Wildman–Crippen MR) is 99.8 cm³/mol. The molecule has 6 heteroatoms. The van der Waals surface area contributed by atoms with Crippen LogP contribution in [0.4, 0.5) is 5.82 Å². The smallest absolute Gasteiger partial charge is 0.233 e. The van der Waals surface area contributed by atoms with Crippen LogP contribution in [-0.2, 0) is 4.79 Å². The number of pyridine rings is 1. The third-order valence-corrected chi connectivity index (χ3v) is 9.25. The molecule has 0 spiro atoms. The molecule has 0 aliphatic heterocycles. The minimum absolute atomic E-state index is 0.0460. The van der Waals surface area contributed by atoms with E-state index in [9.17, 15) is 4.79 Å². The van der Waals surface area contributed by atoms with E-state index in [0.29, 0.717) is 5.82 Å². The maximum atomic E-state index is 13.1. The Morgan fingerprint density at radius 1 is 1.36 bits per heavy atom. The summed E-state index contributed by atoms with van der Waals surface area (Å²) >= 11 is 11.2. The summed E-state index contributed by atoms with van der Waals surface area (Å²) in [5, 5.41) is 3.03. The fourth-order valence-electron chi connectivity index (χ4n) is 4.54. The van der Waals surface area contributed by atoms with E-state index in [1.807, 2.05) is 25.1 Å². The van der Waals surface area contributed by atoms with Crippen LogP contribution in [-0.4, -0.2) is 19.5 Å². The van der Waals surface area contributed by atoms with E-state index in [4.69, 9.17) is 0 Å². The number of amides is 1. The quantitative estimate of drug-likeness (QED) is 0.600. The lowest BCUT2D eigenvalue weighted by atomic mass is 9.43. The largest absolute Gasteiger partial charge is 0.310 e. The molecule has 4 rings (SSSR count). The average molecular weight is 495 g/mol. The molecule has 1 N–H and O–H groups in total. The first-order valence-electron chi connectivity index (χ1n) is 7.37. The zero-order valence-electron chi connectivity index (χ0n) is 12.8. The Balaban J connectivity index is 1.91. The number of carbonyl (C=O) groups is 1. The Labute approximate surface area is 156 Å². The zero-order chi connectivity index (χ0) is 16.3. The predicted octanol–water partition coefficient (Wildman–Crippen LogP) is 5.01. The number of aryl methyl sites for hydroxylation is 1. The highest BCUT2D eigenvalue weighted by molar-refractivity contribution is 9.24. The number of aromatic nitrogens is 1. The van der Waals surface area contributed by atoms with Crippen molar-refractivity contribution >= 4 is 59.5 Å². The van der Waals surface area contributed by atoms with Gasteiger partial charge in [0.2, 0.25) is 5.91 Å². The van der Waals surface area contributed by atoms with Gasteiger partial charge < -0.3 is 5.32 Å². The molecule has 0 radical (unpaired) electrons. The van der Waals surface area contributed by atoms with Crippen LogP contribution in [0.5, 0.6) is 0 Å². The summed E-state index contributed by atoms with van der Waals surface area (Å²) in [6, 6.07) is 5.69. The van der Waals surface area contributed by atoms with Crippen molar-refractivity contribution < 1.29 is 4.79 Å². The number of rotatable bonds is 3. The summed E-state index contributed by atoms with van der Waals surface area (Å²) in [4.78, 5) is 17.6. The molecule has 0 aromatic carbocycles. The SMILES string of the molecule is Cc1cccc(NC(=O)[C@@]23CC[C@](C(Br)Br)([C@@H]2Br)C3(C)C)n1. The second kappa shape index (κ2) is 5.28. The topological polar surface area (TPSA) is 42.0 Å². The van der Waals surface area contributed by atoms with Crippen molar-refractivity contribution in [2.75, 3.05) is 5.32 Å². The Kier molecular flexibility index (Phi) is 4.06. The van der Waals surface area contributed by atoms with Gasteiger partial charge >= 0.3 is 0 Å². The van der Waals surface area contributed by atoms with Crippen LogP contribution in [0.15, 0.2) is 18.2 Å². The van der Waals surface area contributed by atoms with Gasteiger partial charge in [-0.05, 0) is 37.3 Å². The zero-order valence-corrected chi connectivity index (χ0v) is 17.5. The van der Waals surface area contributed by atoms with Crippen LogP contribution in [0.3, 0.4) is 0 Å². The van der Waals surface area contributed by atoms with Gasteiger partial charge in [-0.3, -0.25) is 4.79 Å². The number of anilines is 1. The van der Waals surface area contributed by atoms with E-state index in [0.717, 1.165) is 18.5 Å². The van der Waals surface area contributed by atoms with Crippen LogP contribution < -0.4 is 5.32 Å². The molecule has 22 heavy (non-hydrogen) atoms. The third-order valence-electron chi connectivity index (χ3n) is 6.02. The Morgan fingerprint density at radius 2 is 2.05 bits per heavy atom. The van der Waals surface area contributed by atoms with Gasteiger partial charge in [-0.2, -0.15) is 0 Å². The van der Waals surface area contributed by atoms with Crippen LogP contribution in [0.1, 0.15) is 32.4 Å². The van der Waals surface area contributed by atoms with Crippen molar-refractivity contribution in [3.05, 3.63) is 23.9 Å². The molecule has 3 saturated carbocycles. The molecule has 1 amide bonds. The van der Waals surface area contributed by atoms with Crippen molar-refractivity contribution in [2.24, 2.45) is 16.2 Å². The fourth-order valence-corrected chi connectivity index (χ4v) is 9.45. The molecule has 0 unspecified atom stereocenters. The first-order valence-corrected chi connectivity index (χ1v) is 10.1. The molecule has 3 nitrogen and oxygen atoms in total. The summed E-state index contributed by atoms with van der Waals surface area (Å²) in [7, 11) is 0. The van der Waals surface area contributed by atoms with Crippen molar-refractivity contribution in [3.8, 4) is 0 Å². The van der Waals surface area contributed by atoms with Crippen molar-refractivity contribution in [1.82, 2.24) is 4.98 Å². The van der Waals surface area contributed by atoms with Crippen LogP contribution in [0, 0.1) is 23.2 Å². The highest BCUT2D eigenvalue weighted by Gasteiger charge is 2.83. The van der Waals surface area contributed by atoms with Gasteiger partial charge in [0.1, 0.15) is 5.82 Å². The number of alkyl halides is 3. The van der Waals surface area contributed by atoms with Crippen LogP contribution in [0.25, 0.3) is 0 Å². The van der Waals surface area contributed by atoms with E-state index in [1.54, 1.807) is 0 Å². The highest BCUT2D eigenvalue weighted by Crippen LogP contribution is 2.82. The molecule has 1 aromatic heterocycles. The van der Waals surface area contributed by atoms with E-state index >= 15 is 0 Å². The molecule has 3 aliphatic carbocycles. The molecular weight excluding hydrogens is 476 g/mol. The summed E-state index contributed by atoms with van der Waals surface area (Å²) in [6.07, 6.45) is 1.91. The highest BCUT2D eigenvalue weighted by atomic mass is 79.9. The van der Waals surface area contributed by atoms with E-state index in [-0.39, 0.29) is 25.3 Å². The molecule has 0 saturated heterocycles. The minimum atomic E-state index is -0.391. The van der Waals surface area contributed by atoms with Gasteiger partial charge in [-0.1, -0.05) is 67.7 Å². The number of carbonyl (C=O) groups excluding carboxylic acids is 1. The molecular formula is C16H19Br3N2O. The number of nitrogens with one attached hydrogen (secondary N) is 1. The van der Waals surface area contributed by atoms with Gasteiger partial charge in [0.25, 0.3) is 0 Å². The molecule has 1 heterocycles. The molecule has 3 atom stereocenters. The lowest BCUT2D eigenvalue weighted by Crippen LogP contribution is -2.71. The molecule has 3 aliphatic rings. The summed E-state index contributed by atoms with van der Waals surface area (Å²) in [5.41, 5.74) is 0.461. The first-order chi connectivity index (χ1) is 10.2. The lowest BCUT2D eigenvalue weighted by molar-refractivity contribution is -0.155. The average Bonchev–Trinajstić information content (AvgIpc) is 2.88. The second-order valence-corrected chi connectivity index (χ2v) is 10.9. The summed E-state index contributed by atoms with van der Waals surface area (Å²) in [6.45, 7) is 6.34. The van der Waals surface area contributed by atoms with Gasteiger partial charge in [0.15, 0.2) is 0 Å². The Bertz CT molecular complexity index is 634. The number of nitrogens with zero attached hydrogens (tertiary/aromatic N) is 1. The van der Waals surface area contributed by atoms with Crippen LogP contribution in [0.2, 0.25) is 0 Å². The van der Waals surface area contributed by atoms with Gasteiger partial charge in [-0.15, -0.1) is 0 Å². The monoisotopic (exact) mass is 492 g/mol. The summed E-state index contributed by atoms with van der Waals surface area (Å²) in [5.74, 6) is 0.708. The van der Waals surface area contributed by atoms with Gasteiger partial charge in [-0.25, -0.2) is 4.98 Å². The number of hydrogen-bond donors (Lipinski definition) is 1. The molecule has 120 valence electrons. The number of fused-ring (bicyclic) bond motifs is 1. The van der Waals surface area contributed by atoms with Crippen molar-refractivity contribution in [2.45, 2.75) is 42.2 Å². The number of halogens is 3. The van der Waals surface area contributed by atoms with E-state index in [2.05, 4.69) is 71.9 Å². The second-order valence-electron chi connectivity index (χ2n) is 6.92. The standard InChI is InChI=1S/C16H19Br3N2O/c1-9-5-4-6-10(20-9)21-13(22)16-8-7-15(11(16)17,12(18)19)14(16,2)3/h4-6,11-12H,7-8H2,1-3H3,(H,20,21,22)/t11-,15+,16+/m0/s1. The Hall–Kier alpha value is 0.0600. The molecule has 3 fully saturated rings. The van der Waals surface area contributed by atoms with Crippen molar-refractivity contribution in [1.29, 1.82) is 0 Å². The summed E-state index contributed by atoms with van der Waals surface area (Å²) < 4.78 is 0.187. The van der Waals surface area contributed by atoms with E-state index < -0.39 is 5.41 Å². The maximum absolute atomic E-state index is 13.1. The maximum Gasteiger partial charge on any atom is 0.233 e. The van der Waals surface area contributed by atoms with Gasteiger partial charge in [0.05, 0.1) is 9.15 Å². The molecule has 1 aromatic rings. The molecule has 2 bridgehead atoms. The first kappa shape index (κ1) is 16.9. The third kappa shape index (κ3) is 1.83. The Morgan fingerprint density at radius 3 is 2.55 bits per heavy atom. The lowest BCUT2D eigenvalue weighted by Gasteiger charge is -2.66.